The molecule has 1 atom stereocenters. The van der Waals surface area contributed by atoms with Crippen LogP contribution in [0.4, 0.5) is 0 Å². The molecule has 1 amide bonds. The van der Waals surface area contributed by atoms with Crippen molar-refractivity contribution in [3.05, 3.63) is 59.7 Å². The van der Waals surface area contributed by atoms with Gasteiger partial charge in [-0.25, -0.2) is 8.42 Å². The lowest BCUT2D eigenvalue weighted by Crippen LogP contribution is -2.53. The van der Waals surface area contributed by atoms with Gasteiger partial charge in [0, 0.05) is 26.2 Å². The predicted molar refractivity (Wildman–Crippen MR) is 108 cm³/mol. The van der Waals surface area contributed by atoms with Crippen molar-refractivity contribution in [2.24, 2.45) is 0 Å². The van der Waals surface area contributed by atoms with Crippen molar-refractivity contribution in [1.29, 1.82) is 0 Å². The van der Waals surface area contributed by atoms with Crippen LogP contribution in [0, 0.1) is 13.8 Å². The van der Waals surface area contributed by atoms with Crippen LogP contribution >= 0.6 is 0 Å². The third-order valence-corrected chi connectivity index (χ3v) is 6.96. The van der Waals surface area contributed by atoms with Gasteiger partial charge in [-0.05, 0) is 44.5 Å². The third-order valence-electron chi connectivity index (χ3n) is 4.90. The molecule has 2 aromatic rings. The van der Waals surface area contributed by atoms with Crippen LogP contribution in [0.25, 0.3) is 0 Å². The molecule has 0 unspecified atom stereocenters. The Morgan fingerprint density at radius 3 is 2.25 bits per heavy atom. The summed E-state index contributed by atoms with van der Waals surface area (Å²) >= 11 is 0. The number of hydrogen-bond acceptors (Lipinski definition) is 4. The maximum atomic E-state index is 13.0. The van der Waals surface area contributed by atoms with E-state index in [0.29, 0.717) is 23.7 Å². The number of nitrogens with zero attached hydrogens (tertiary/aromatic N) is 2. The van der Waals surface area contributed by atoms with Gasteiger partial charge in [-0.3, -0.25) is 4.79 Å². The summed E-state index contributed by atoms with van der Waals surface area (Å²) in [6.07, 6.45) is -0.620. The first-order valence-corrected chi connectivity index (χ1v) is 10.8. The molecular weight excluding hydrogens is 376 g/mol. The van der Waals surface area contributed by atoms with E-state index < -0.39 is 16.1 Å². The van der Waals surface area contributed by atoms with Gasteiger partial charge in [0.2, 0.25) is 10.0 Å². The second kappa shape index (κ2) is 8.32. The first-order valence-electron chi connectivity index (χ1n) is 9.37. The number of para-hydroxylation sites is 1. The summed E-state index contributed by atoms with van der Waals surface area (Å²) in [5.41, 5.74) is 1.77. The molecular formula is C21H26N2O4S. The highest BCUT2D eigenvalue weighted by molar-refractivity contribution is 7.89. The Kier molecular flexibility index (Phi) is 6.05. The number of carbonyl (C=O) groups excluding carboxylic acids is 1. The number of aryl methyl sites for hydroxylation is 2. The Morgan fingerprint density at radius 2 is 1.64 bits per heavy atom. The van der Waals surface area contributed by atoms with Crippen molar-refractivity contribution >= 4 is 15.9 Å². The standard InChI is InChI=1S/C21H26N2O4S/c1-16-9-10-20(17(2)15-16)28(25,26)23-13-11-22(12-14-23)21(24)18(3)27-19-7-5-4-6-8-19/h4-10,15,18H,11-14H2,1-3H3/t18-/m1/s1. The minimum Gasteiger partial charge on any atom is -0.481 e. The van der Waals surface area contributed by atoms with Gasteiger partial charge < -0.3 is 9.64 Å². The molecule has 1 aliphatic rings. The van der Waals surface area contributed by atoms with E-state index in [1.54, 1.807) is 30.0 Å². The maximum Gasteiger partial charge on any atom is 0.263 e. The van der Waals surface area contributed by atoms with Crippen LogP contribution < -0.4 is 4.74 Å². The summed E-state index contributed by atoms with van der Waals surface area (Å²) in [5.74, 6) is 0.506. The number of rotatable bonds is 5. The van der Waals surface area contributed by atoms with Gasteiger partial charge in [0.15, 0.2) is 6.10 Å². The van der Waals surface area contributed by atoms with Crippen molar-refractivity contribution in [3.63, 3.8) is 0 Å². The van der Waals surface area contributed by atoms with Crippen molar-refractivity contribution in [2.45, 2.75) is 31.8 Å². The van der Waals surface area contributed by atoms with Crippen LogP contribution in [0.1, 0.15) is 18.1 Å². The van der Waals surface area contributed by atoms with E-state index in [4.69, 9.17) is 4.74 Å². The Labute approximate surface area is 166 Å². The first kappa shape index (κ1) is 20.4. The van der Waals surface area contributed by atoms with E-state index in [1.165, 1.54) is 4.31 Å². The topological polar surface area (TPSA) is 66.9 Å². The van der Waals surface area contributed by atoms with Crippen LogP contribution in [0.5, 0.6) is 5.75 Å². The number of piperazine rings is 1. The molecule has 7 heteroatoms. The number of amides is 1. The molecule has 150 valence electrons. The van der Waals surface area contributed by atoms with Crippen LogP contribution in [-0.2, 0) is 14.8 Å². The Morgan fingerprint density at radius 1 is 1.00 bits per heavy atom. The van der Waals surface area contributed by atoms with Gasteiger partial charge >= 0.3 is 0 Å². The second-order valence-corrected chi connectivity index (χ2v) is 8.98. The van der Waals surface area contributed by atoms with Gasteiger partial charge in [-0.1, -0.05) is 35.9 Å². The first-order chi connectivity index (χ1) is 13.3. The predicted octanol–water partition coefficient (Wildman–Crippen LogP) is 2.60. The summed E-state index contributed by atoms with van der Waals surface area (Å²) in [6, 6.07) is 14.5. The lowest BCUT2D eigenvalue weighted by atomic mass is 10.2. The lowest BCUT2D eigenvalue weighted by Gasteiger charge is -2.35. The number of hydrogen-bond donors (Lipinski definition) is 0. The van der Waals surface area contributed by atoms with Crippen LogP contribution in [0.15, 0.2) is 53.4 Å². The fourth-order valence-electron chi connectivity index (χ4n) is 3.39. The molecule has 1 fully saturated rings. The number of sulfonamides is 1. The fourth-order valence-corrected chi connectivity index (χ4v) is 5.02. The zero-order valence-corrected chi connectivity index (χ0v) is 17.3. The Bertz CT molecular complexity index is 936. The summed E-state index contributed by atoms with van der Waals surface area (Å²) in [5, 5.41) is 0. The molecule has 0 aromatic heterocycles. The smallest absolute Gasteiger partial charge is 0.263 e. The third kappa shape index (κ3) is 4.36. The molecule has 2 aromatic carbocycles. The van der Waals surface area contributed by atoms with Gasteiger partial charge in [-0.15, -0.1) is 0 Å². The molecule has 1 heterocycles. The minimum absolute atomic E-state index is 0.132. The molecule has 0 spiro atoms. The Balaban J connectivity index is 1.62. The summed E-state index contributed by atoms with van der Waals surface area (Å²) in [7, 11) is -3.56. The monoisotopic (exact) mass is 402 g/mol. The molecule has 6 nitrogen and oxygen atoms in total. The van der Waals surface area contributed by atoms with E-state index in [-0.39, 0.29) is 19.0 Å². The van der Waals surface area contributed by atoms with Crippen LogP contribution in [-0.4, -0.2) is 55.8 Å². The van der Waals surface area contributed by atoms with Gasteiger partial charge in [0.1, 0.15) is 5.75 Å². The molecule has 0 radical (unpaired) electrons. The summed E-state index contributed by atoms with van der Waals surface area (Å²) in [6.45, 7) is 6.72. The van der Waals surface area contributed by atoms with E-state index >= 15 is 0 Å². The van der Waals surface area contributed by atoms with Gasteiger partial charge in [0.05, 0.1) is 4.90 Å². The van der Waals surface area contributed by atoms with Crippen molar-refractivity contribution in [3.8, 4) is 5.75 Å². The zero-order chi connectivity index (χ0) is 20.3. The van der Waals surface area contributed by atoms with Crippen molar-refractivity contribution < 1.29 is 17.9 Å². The number of ether oxygens (including phenoxy) is 1. The van der Waals surface area contributed by atoms with E-state index in [1.807, 2.05) is 44.2 Å². The molecule has 1 aliphatic heterocycles. The molecule has 1 saturated heterocycles. The SMILES string of the molecule is Cc1ccc(S(=O)(=O)N2CCN(C(=O)[C@@H](C)Oc3ccccc3)CC2)c(C)c1. The normalized spacial score (nSPS) is 16.6. The van der Waals surface area contributed by atoms with Gasteiger partial charge in [0.25, 0.3) is 5.91 Å². The average molecular weight is 403 g/mol. The zero-order valence-electron chi connectivity index (χ0n) is 16.5. The number of carbonyl (C=O) groups is 1. The quantitative estimate of drug-likeness (QED) is 0.771. The van der Waals surface area contributed by atoms with Crippen molar-refractivity contribution in [2.75, 3.05) is 26.2 Å². The van der Waals surface area contributed by atoms with E-state index in [2.05, 4.69) is 0 Å². The highest BCUT2D eigenvalue weighted by Gasteiger charge is 2.32. The summed E-state index contributed by atoms with van der Waals surface area (Å²) in [4.78, 5) is 14.7. The molecule has 0 saturated carbocycles. The largest absolute Gasteiger partial charge is 0.481 e. The highest BCUT2D eigenvalue weighted by Crippen LogP contribution is 2.22. The van der Waals surface area contributed by atoms with E-state index in [0.717, 1.165) is 11.1 Å². The Hall–Kier alpha value is -2.38. The van der Waals surface area contributed by atoms with Gasteiger partial charge in [-0.2, -0.15) is 4.31 Å². The van der Waals surface area contributed by atoms with Crippen molar-refractivity contribution in [1.82, 2.24) is 9.21 Å². The summed E-state index contributed by atoms with van der Waals surface area (Å²) < 4.78 is 33.1. The molecule has 0 N–H and O–H groups in total. The minimum atomic E-state index is -3.56. The fraction of sp³-hybridized carbons (Fsp3) is 0.381. The van der Waals surface area contributed by atoms with Crippen LogP contribution in [0.3, 0.4) is 0 Å². The second-order valence-electron chi connectivity index (χ2n) is 7.07. The number of benzene rings is 2. The van der Waals surface area contributed by atoms with E-state index in [9.17, 15) is 13.2 Å². The molecule has 0 aliphatic carbocycles. The molecule has 3 rings (SSSR count). The molecule has 0 bridgehead atoms. The average Bonchev–Trinajstić information content (AvgIpc) is 2.68. The van der Waals surface area contributed by atoms with Crippen LogP contribution in [0.2, 0.25) is 0 Å². The maximum absolute atomic E-state index is 13.0. The molecule has 28 heavy (non-hydrogen) atoms. The lowest BCUT2D eigenvalue weighted by molar-refractivity contribution is -0.139. The highest BCUT2D eigenvalue weighted by atomic mass is 32.2.